The highest BCUT2D eigenvalue weighted by atomic mass is 17.2. The molecule has 0 aromatic heterocycles. The summed E-state index contributed by atoms with van der Waals surface area (Å²) in [5, 5.41) is 0. The topological polar surface area (TPSA) is 71.1 Å². The van der Waals surface area contributed by atoms with E-state index in [0.717, 1.165) is 43.0 Å². The Hall–Kier alpha value is -1.18. The molecule has 7 heteroatoms. The first-order valence-corrected chi connectivity index (χ1v) is 15.7. The Bertz CT molecular complexity index is 591. The Balaban J connectivity index is 2.24. The molecule has 0 saturated carbocycles. The number of ether oxygens (including phenoxy) is 2. The lowest BCUT2D eigenvalue weighted by atomic mass is 10.0. The molecule has 0 aliphatic carbocycles. The smallest absolute Gasteiger partial charge is 0.306 e. The molecule has 0 amide bonds. The number of likely N-dealkylation sites (N-methyl/N-ethyl adjacent to an activating group) is 1. The summed E-state index contributed by atoms with van der Waals surface area (Å²) in [6.07, 6.45) is 21.1. The summed E-state index contributed by atoms with van der Waals surface area (Å²) in [6, 6.07) is 0.320. The van der Waals surface area contributed by atoms with Crippen LogP contribution < -0.4 is 0 Å². The molecule has 2 atom stereocenters. The number of unbranched alkanes of at least 4 members (excludes halogenated alkanes) is 12. The third kappa shape index (κ3) is 19.8. The minimum Gasteiger partial charge on any atom is -0.462 e. The molecule has 224 valence electrons. The lowest BCUT2D eigenvalue weighted by Crippen LogP contribution is -2.47. The first-order chi connectivity index (χ1) is 18.3. The van der Waals surface area contributed by atoms with Crippen LogP contribution in [0.25, 0.3) is 0 Å². The molecule has 7 nitrogen and oxygen atoms in total. The summed E-state index contributed by atoms with van der Waals surface area (Å²) in [7, 11) is 6.48. The zero-order valence-corrected chi connectivity index (χ0v) is 25.3. The van der Waals surface area contributed by atoms with Crippen molar-refractivity contribution in [3.05, 3.63) is 0 Å². The molecule has 0 radical (unpaired) electrons. The summed E-state index contributed by atoms with van der Waals surface area (Å²) in [4.78, 5) is 35.5. The molecule has 1 aliphatic heterocycles. The highest BCUT2D eigenvalue weighted by Crippen LogP contribution is 2.16. The highest BCUT2D eigenvalue weighted by Gasteiger charge is 2.25. The summed E-state index contributed by atoms with van der Waals surface area (Å²) >= 11 is 0. The van der Waals surface area contributed by atoms with Crippen LogP contribution in [0.2, 0.25) is 0 Å². The van der Waals surface area contributed by atoms with Crippen LogP contribution in [-0.4, -0.2) is 69.5 Å². The number of nitrogens with zero attached hydrogens (tertiary/aromatic N) is 1. The molecule has 1 aliphatic rings. The van der Waals surface area contributed by atoms with Gasteiger partial charge in [0.25, 0.3) is 0 Å². The van der Waals surface area contributed by atoms with Gasteiger partial charge >= 0.3 is 11.9 Å². The SMILES string of the molecule is CCCCCCCCCCCCCCCC(=O)OC1CCOOCC([N+](C)(C)C)CCCCCC(=O)OC1. The van der Waals surface area contributed by atoms with Crippen LogP contribution in [0.15, 0.2) is 0 Å². The van der Waals surface area contributed by atoms with E-state index in [9.17, 15) is 9.59 Å². The maximum absolute atomic E-state index is 12.4. The van der Waals surface area contributed by atoms with Crippen molar-refractivity contribution in [2.45, 2.75) is 147 Å². The van der Waals surface area contributed by atoms with Crippen LogP contribution in [0.5, 0.6) is 0 Å². The molecule has 0 aromatic carbocycles. The third-order valence-electron chi connectivity index (χ3n) is 7.59. The van der Waals surface area contributed by atoms with Gasteiger partial charge in [-0.15, -0.1) is 0 Å². The fraction of sp³-hybridized carbons (Fsp3) is 0.935. The highest BCUT2D eigenvalue weighted by molar-refractivity contribution is 5.70. The average Bonchev–Trinajstić information content (AvgIpc) is 2.87. The number of quaternary nitrogens is 1. The Labute approximate surface area is 233 Å². The minimum atomic E-state index is -0.503. The fourth-order valence-electron chi connectivity index (χ4n) is 4.85. The number of cyclic esters (lactones) is 1. The number of esters is 2. The van der Waals surface area contributed by atoms with Crippen LogP contribution in [0.4, 0.5) is 0 Å². The second-order valence-electron chi connectivity index (χ2n) is 12.1. The summed E-state index contributed by atoms with van der Waals surface area (Å²) in [6.45, 7) is 3.15. The van der Waals surface area contributed by atoms with Gasteiger partial charge in [-0.05, 0) is 19.3 Å². The van der Waals surface area contributed by atoms with Crippen molar-refractivity contribution in [1.29, 1.82) is 0 Å². The predicted molar refractivity (Wildman–Crippen MR) is 153 cm³/mol. The molecule has 0 spiro atoms. The van der Waals surface area contributed by atoms with Crippen LogP contribution in [0.1, 0.15) is 135 Å². The van der Waals surface area contributed by atoms with Crippen LogP contribution in [0.3, 0.4) is 0 Å². The van der Waals surface area contributed by atoms with Gasteiger partial charge < -0.3 is 14.0 Å². The van der Waals surface area contributed by atoms with Crippen molar-refractivity contribution in [2.24, 2.45) is 0 Å². The molecule has 0 aromatic rings. The van der Waals surface area contributed by atoms with Crippen molar-refractivity contribution in [3.8, 4) is 0 Å². The summed E-state index contributed by atoms with van der Waals surface area (Å²) in [5.41, 5.74) is 0. The monoisotopic (exact) mass is 542 g/mol. The van der Waals surface area contributed by atoms with Gasteiger partial charge in [0.1, 0.15) is 25.4 Å². The van der Waals surface area contributed by atoms with Gasteiger partial charge in [0, 0.05) is 25.7 Å². The quantitative estimate of drug-likeness (QED) is 0.0882. The Morgan fingerprint density at radius 1 is 0.789 bits per heavy atom. The van der Waals surface area contributed by atoms with Gasteiger partial charge in [0.15, 0.2) is 0 Å². The van der Waals surface area contributed by atoms with Crippen molar-refractivity contribution in [2.75, 3.05) is 41.0 Å². The number of hydrogen-bond donors (Lipinski definition) is 0. The zero-order chi connectivity index (χ0) is 27.9. The van der Waals surface area contributed by atoms with Gasteiger partial charge in [-0.1, -0.05) is 90.4 Å². The van der Waals surface area contributed by atoms with Crippen molar-refractivity contribution < 1.29 is 33.3 Å². The lowest BCUT2D eigenvalue weighted by Gasteiger charge is -2.33. The first-order valence-electron chi connectivity index (χ1n) is 15.7. The molecule has 1 rings (SSSR count). The lowest BCUT2D eigenvalue weighted by molar-refractivity contribution is -0.898. The normalized spacial score (nSPS) is 20.8. The van der Waals surface area contributed by atoms with E-state index in [2.05, 4.69) is 28.1 Å². The van der Waals surface area contributed by atoms with Crippen molar-refractivity contribution in [3.63, 3.8) is 0 Å². The number of hydrogen-bond acceptors (Lipinski definition) is 6. The molecule has 2 unspecified atom stereocenters. The minimum absolute atomic E-state index is 0.0774. The molecule has 1 saturated heterocycles. The average molecular weight is 543 g/mol. The summed E-state index contributed by atoms with van der Waals surface area (Å²) in [5.74, 6) is -0.448. The Kier molecular flexibility index (Phi) is 20.7. The predicted octanol–water partition coefficient (Wildman–Crippen LogP) is 7.30. The van der Waals surface area contributed by atoms with E-state index in [0.29, 0.717) is 31.9 Å². The van der Waals surface area contributed by atoms with E-state index in [1.54, 1.807) is 0 Å². The second-order valence-corrected chi connectivity index (χ2v) is 12.1. The van der Waals surface area contributed by atoms with Crippen LogP contribution in [-0.2, 0) is 28.8 Å². The Morgan fingerprint density at radius 3 is 2.00 bits per heavy atom. The Morgan fingerprint density at radius 2 is 1.39 bits per heavy atom. The number of rotatable bonds is 16. The third-order valence-corrected chi connectivity index (χ3v) is 7.59. The second kappa shape index (κ2) is 22.6. The van der Waals surface area contributed by atoms with Gasteiger partial charge in [0.05, 0.1) is 27.7 Å². The van der Waals surface area contributed by atoms with E-state index < -0.39 is 6.10 Å². The molecular formula is C31H60NO6+. The van der Waals surface area contributed by atoms with Gasteiger partial charge in [-0.25, -0.2) is 9.78 Å². The van der Waals surface area contributed by atoms with E-state index >= 15 is 0 Å². The summed E-state index contributed by atoms with van der Waals surface area (Å²) < 4.78 is 11.9. The fourth-order valence-corrected chi connectivity index (χ4v) is 4.85. The van der Waals surface area contributed by atoms with Crippen LogP contribution in [0, 0.1) is 0 Å². The molecule has 0 bridgehead atoms. The van der Waals surface area contributed by atoms with E-state index in [4.69, 9.17) is 19.2 Å². The van der Waals surface area contributed by atoms with Gasteiger partial charge in [0.2, 0.25) is 0 Å². The van der Waals surface area contributed by atoms with E-state index in [1.807, 2.05) is 0 Å². The molecule has 1 fully saturated rings. The molecular weight excluding hydrogens is 482 g/mol. The van der Waals surface area contributed by atoms with Crippen LogP contribution >= 0.6 is 0 Å². The maximum atomic E-state index is 12.4. The van der Waals surface area contributed by atoms with Crippen molar-refractivity contribution in [1.82, 2.24) is 0 Å². The number of carbonyl (C=O) groups is 2. The van der Waals surface area contributed by atoms with Gasteiger partial charge in [-0.2, -0.15) is 0 Å². The maximum Gasteiger partial charge on any atom is 0.306 e. The molecule has 1 heterocycles. The zero-order valence-electron chi connectivity index (χ0n) is 25.3. The number of carbonyl (C=O) groups excluding carboxylic acids is 2. The molecule has 38 heavy (non-hydrogen) atoms. The van der Waals surface area contributed by atoms with E-state index in [1.165, 1.54) is 70.6 Å². The largest absolute Gasteiger partial charge is 0.462 e. The standard InChI is InChI=1S/C31H60NO6/c1-5-6-7-8-9-10-11-12-13-14-15-16-19-23-31(34)38-29-24-25-36-37-26-28(32(2,3)4)21-18-17-20-22-30(33)35-27-29/h28-29H,5-27H2,1-4H3/q+1. The van der Waals surface area contributed by atoms with Gasteiger partial charge in [-0.3, -0.25) is 9.59 Å². The van der Waals surface area contributed by atoms with E-state index in [-0.39, 0.29) is 25.2 Å². The first kappa shape index (κ1) is 34.8. The van der Waals surface area contributed by atoms with Crippen molar-refractivity contribution >= 4 is 11.9 Å². The molecule has 0 N–H and O–H groups in total.